The first-order valence-electron chi connectivity index (χ1n) is 6.16. The number of rotatable bonds is 4. The van der Waals surface area contributed by atoms with Gasteiger partial charge >= 0.3 is 6.18 Å². The van der Waals surface area contributed by atoms with Crippen LogP contribution in [0.3, 0.4) is 0 Å². The lowest BCUT2D eigenvalue weighted by Gasteiger charge is -2.11. The Morgan fingerprint density at radius 1 is 1.35 bits per heavy atom. The van der Waals surface area contributed by atoms with E-state index in [1.807, 2.05) is 0 Å². The Labute approximate surface area is 142 Å². The van der Waals surface area contributed by atoms with Crippen molar-refractivity contribution in [3.8, 4) is 5.75 Å². The SMILES string of the molecule is O=C(COc1cc(Cl)cnc1Br)Nc1cccc(C(F)(F)F)c1. The predicted molar refractivity (Wildman–Crippen MR) is 82.5 cm³/mol. The smallest absolute Gasteiger partial charge is 0.416 e. The minimum Gasteiger partial charge on any atom is -0.481 e. The van der Waals surface area contributed by atoms with Gasteiger partial charge in [0.25, 0.3) is 5.91 Å². The molecule has 122 valence electrons. The number of carbonyl (C=O) groups excluding carboxylic acids is 1. The molecule has 2 rings (SSSR count). The van der Waals surface area contributed by atoms with Gasteiger partial charge in [0.05, 0.1) is 10.6 Å². The summed E-state index contributed by atoms with van der Waals surface area (Å²) >= 11 is 8.88. The van der Waals surface area contributed by atoms with E-state index in [1.165, 1.54) is 24.4 Å². The maximum absolute atomic E-state index is 12.6. The van der Waals surface area contributed by atoms with Crippen molar-refractivity contribution in [1.82, 2.24) is 4.98 Å². The number of nitrogens with one attached hydrogen (secondary N) is 1. The maximum atomic E-state index is 12.6. The van der Waals surface area contributed by atoms with Crippen molar-refractivity contribution in [2.45, 2.75) is 6.18 Å². The lowest BCUT2D eigenvalue weighted by atomic mass is 10.2. The molecule has 0 aliphatic rings. The van der Waals surface area contributed by atoms with Gasteiger partial charge in [-0.05, 0) is 34.1 Å². The summed E-state index contributed by atoms with van der Waals surface area (Å²) in [7, 11) is 0. The normalized spacial score (nSPS) is 11.2. The molecule has 0 saturated carbocycles. The van der Waals surface area contributed by atoms with Crippen LogP contribution in [0.15, 0.2) is 41.1 Å². The lowest BCUT2D eigenvalue weighted by Crippen LogP contribution is -2.20. The number of pyridine rings is 1. The van der Waals surface area contributed by atoms with Crippen LogP contribution in [-0.2, 0) is 11.0 Å². The second kappa shape index (κ2) is 7.18. The molecule has 0 atom stereocenters. The van der Waals surface area contributed by atoms with Crippen LogP contribution in [0.4, 0.5) is 18.9 Å². The average molecular weight is 410 g/mol. The molecule has 1 amide bonds. The van der Waals surface area contributed by atoms with Crippen molar-refractivity contribution < 1.29 is 22.7 Å². The van der Waals surface area contributed by atoms with Crippen LogP contribution < -0.4 is 10.1 Å². The van der Waals surface area contributed by atoms with Crippen molar-refractivity contribution >= 4 is 39.1 Å². The second-order valence-electron chi connectivity index (χ2n) is 4.36. The molecule has 0 saturated heterocycles. The second-order valence-corrected chi connectivity index (χ2v) is 5.55. The van der Waals surface area contributed by atoms with Gasteiger partial charge in [0.1, 0.15) is 4.60 Å². The zero-order chi connectivity index (χ0) is 17.0. The minimum absolute atomic E-state index is 0.0247. The number of hydrogen-bond donors (Lipinski definition) is 1. The molecule has 23 heavy (non-hydrogen) atoms. The number of amides is 1. The molecule has 9 heteroatoms. The fraction of sp³-hybridized carbons (Fsp3) is 0.143. The van der Waals surface area contributed by atoms with Crippen molar-refractivity contribution in [1.29, 1.82) is 0 Å². The molecule has 0 radical (unpaired) electrons. The third kappa shape index (κ3) is 5.11. The van der Waals surface area contributed by atoms with Gasteiger partial charge < -0.3 is 10.1 Å². The monoisotopic (exact) mass is 408 g/mol. The predicted octanol–water partition coefficient (Wildman–Crippen LogP) is 4.53. The maximum Gasteiger partial charge on any atom is 0.416 e. The van der Waals surface area contributed by atoms with Gasteiger partial charge in [-0.2, -0.15) is 13.2 Å². The Hall–Kier alpha value is -1.80. The zero-order valence-electron chi connectivity index (χ0n) is 11.3. The van der Waals surface area contributed by atoms with Crippen LogP contribution in [-0.4, -0.2) is 17.5 Å². The summed E-state index contributed by atoms with van der Waals surface area (Å²) in [5.41, 5.74) is -0.824. The Morgan fingerprint density at radius 3 is 2.78 bits per heavy atom. The molecule has 4 nitrogen and oxygen atoms in total. The third-order valence-electron chi connectivity index (χ3n) is 2.61. The number of hydrogen-bond acceptors (Lipinski definition) is 3. The highest BCUT2D eigenvalue weighted by Crippen LogP contribution is 2.30. The standard InChI is InChI=1S/C14H9BrClF3N2O2/c15-13-11(5-9(16)6-20-13)23-7-12(22)21-10-3-1-2-8(4-10)14(17,18)19/h1-6H,7H2,(H,21,22). The van der Waals surface area contributed by atoms with Gasteiger partial charge in [-0.15, -0.1) is 0 Å². The minimum atomic E-state index is -4.48. The summed E-state index contributed by atoms with van der Waals surface area (Å²) in [6.07, 6.45) is -3.09. The van der Waals surface area contributed by atoms with Crippen LogP contribution in [0.5, 0.6) is 5.75 Å². The zero-order valence-corrected chi connectivity index (χ0v) is 13.7. The molecule has 0 spiro atoms. The van der Waals surface area contributed by atoms with E-state index in [0.29, 0.717) is 9.63 Å². The number of halogens is 5. The van der Waals surface area contributed by atoms with Gasteiger partial charge in [-0.25, -0.2) is 4.98 Å². The van der Waals surface area contributed by atoms with E-state index in [-0.39, 0.29) is 11.4 Å². The van der Waals surface area contributed by atoms with Crippen molar-refractivity contribution in [2.24, 2.45) is 0 Å². The summed E-state index contributed by atoms with van der Waals surface area (Å²) in [5, 5.41) is 2.65. The first-order valence-corrected chi connectivity index (χ1v) is 7.34. The fourth-order valence-electron chi connectivity index (χ4n) is 1.62. The first kappa shape index (κ1) is 17.6. The molecule has 1 heterocycles. The highest BCUT2D eigenvalue weighted by atomic mass is 79.9. The lowest BCUT2D eigenvalue weighted by molar-refractivity contribution is -0.137. The van der Waals surface area contributed by atoms with Gasteiger partial charge in [0.15, 0.2) is 12.4 Å². The Kier molecular flexibility index (Phi) is 5.48. The van der Waals surface area contributed by atoms with E-state index in [1.54, 1.807) is 0 Å². The van der Waals surface area contributed by atoms with Gasteiger partial charge in [0.2, 0.25) is 0 Å². The topological polar surface area (TPSA) is 51.2 Å². The number of anilines is 1. The summed E-state index contributed by atoms with van der Waals surface area (Å²) in [6.45, 7) is -0.406. The summed E-state index contributed by atoms with van der Waals surface area (Å²) in [4.78, 5) is 15.6. The molecule has 0 bridgehead atoms. The number of alkyl halides is 3. The number of benzene rings is 1. The number of ether oxygens (including phenoxy) is 1. The van der Waals surface area contributed by atoms with Gasteiger partial charge in [0, 0.05) is 18.0 Å². The van der Waals surface area contributed by atoms with Gasteiger partial charge in [-0.3, -0.25) is 4.79 Å². The highest BCUT2D eigenvalue weighted by Gasteiger charge is 2.30. The average Bonchev–Trinajstić information content (AvgIpc) is 2.47. The van der Waals surface area contributed by atoms with Crippen LogP contribution in [0, 0.1) is 0 Å². The molecular weight excluding hydrogens is 401 g/mol. The Balaban J connectivity index is 1.99. The van der Waals surface area contributed by atoms with E-state index in [9.17, 15) is 18.0 Å². The van der Waals surface area contributed by atoms with Crippen molar-refractivity contribution in [2.75, 3.05) is 11.9 Å². The molecule has 0 aliphatic heterocycles. The van der Waals surface area contributed by atoms with E-state index < -0.39 is 24.3 Å². The Bertz CT molecular complexity index is 725. The van der Waals surface area contributed by atoms with E-state index in [0.717, 1.165) is 12.1 Å². The molecule has 2 aromatic rings. The van der Waals surface area contributed by atoms with Crippen molar-refractivity contribution in [3.05, 3.63) is 51.7 Å². The molecule has 0 fully saturated rings. The van der Waals surface area contributed by atoms with Crippen LogP contribution in [0.2, 0.25) is 5.02 Å². The van der Waals surface area contributed by atoms with Crippen LogP contribution in [0.1, 0.15) is 5.56 Å². The van der Waals surface area contributed by atoms with Crippen LogP contribution in [0.25, 0.3) is 0 Å². The van der Waals surface area contributed by atoms with Crippen molar-refractivity contribution in [3.63, 3.8) is 0 Å². The first-order chi connectivity index (χ1) is 10.8. The molecule has 0 unspecified atom stereocenters. The molecule has 1 aromatic heterocycles. The highest BCUT2D eigenvalue weighted by molar-refractivity contribution is 9.10. The van der Waals surface area contributed by atoms with E-state index in [2.05, 4.69) is 26.2 Å². The van der Waals surface area contributed by atoms with E-state index >= 15 is 0 Å². The summed E-state index contributed by atoms with van der Waals surface area (Å²) in [6, 6.07) is 5.77. The fourth-order valence-corrected chi connectivity index (χ4v) is 2.10. The van der Waals surface area contributed by atoms with Crippen LogP contribution >= 0.6 is 27.5 Å². The molecular formula is C14H9BrClF3N2O2. The molecule has 0 aliphatic carbocycles. The number of nitrogens with zero attached hydrogens (tertiary/aromatic N) is 1. The summed E-state index contributed by atoms with van der Waals surface area (Å²) in [5.74, 6) is -0.368. The largest absolute Gasteiger partial charge is 0.481 e. The number of aromatic nitrogens is 1. The number of carbonyl (C=O) groups is 1. The van der Waals surface area contributed by atoms with Gasteiger partial charge in [-0.1, -0.05) is 17.7 Å². The Morgan fingerprint density at radius 2 is 2.09 bits per heavy atom. The molecule has 1 N–H and O–H groups in total. The van der Waals surface area contributed by atoms with E-state index in [4.69, 9.17) is 16.3 Å². The quantitative estimate of drug-likeness (QED) is 0.755. The summed E-state index contributed by atoms with van der Waals surface area (Å²) < 4.78 is 43.4. The molecule has 1 aromatic carbocycles. The third-order valence-corrected chi connectivity index (χ3v) is 3.41.